The molecule has 12 aromatic carbocycles. The maximum Gasteiger partial charge on any atom is 0.330 e. The zero-order valence-corrected chi connectivity index (χ0v) is 91.1. The molecule has 0 amide bonds. The molecule has 0 N–H and O–H groups in total. The van der Waals surface area contributed by atoms with Gasteiger partial charge in [-0.1, -0.05) is 267 Å². The Balaban J connectivity index is 0.000000107. The van der Waals surface area contributed by atoms with Crippen LogP contribution < -0.4 is 27.4 Å². The highest BCUT2D eigenvalue weighted by atomic mass is 15.1. The van der Waals surface area contributed by atoms with Crippen LogP contribution in [0.2, 0.25) is 0 Å². The number of hydrogen-bond donors (Lipinski definition) is 0. The fraction of sp³-hybridized carbons (Fsp3) is 0.289. The highest BCUT2D eigenvalue weighted by Crippen LogP contribution is 2.48. The van der Waals surface area contributed by atoms with Gasteiger partial charge in [0.25, 0.3) is 0 Å². The van der Waals surface area contributed by atoms with Crippen molar-refractivity contribution in [3.05, 3.63) is 423 Å². The third kappa shape index (κ3) is 19.8. The van der Waals surface area contributed by atoms with Gasteiger partial charge in [-0.15, -0.1) is 0 Å². The van der Waals surface area contributed by atoms with Crippen molar-refractivity contribution in [3.8, 4) is 135 Å². The van der Waals surface area contributed by atoms with Gasteiger partial charge in [0.1, 0.15) is 37.2 Å². The van der Waals surface area contributed by atoms with Crippen LogP contribution in [0.5, 0.6) is 0 Å². The Bertz CT molecular complexity index is 8340. The third-order valence-corrected chi connectivity index (χ3v) is 31.5. The molecular formula is C135H142N12+6. The van der Waals surface area contributed by atoms with Crippen LogP contribution in [0.3, 0.4) is 0 Å². The minimum Gasteiger partial charge on any atom is -0.232 e. The van der Waals surface area contributed by atoms with Gasteiger partial charge in [0, 0.05) is 38.5 Å². The van der Waals surface area contributed by atoms with Crippen LogP contribution in [0, 0.1) is 110 Å². The minimum absolute atomic E-state index is 0.538. The average Bonchev–Trinajstić information content (AvgIpc) is 1.61. The molecule has 0 aliphatic heterocycles. The lowest BCUT2D eigenvalue weighted by Crippen LogP contribution is -2.33. The Morgan fingerprint density at radius 1 is 0.245 bits per heavy atom. The normalized spacial score (nSPS) is 12.9. The standard InChI is InChI=1S/C25H27N2.C24H27N2.C23H25N2.3C21H21N2/c1-16-11-12-17(2)21(13-16)25-26-24-14-22-19(18-7-4-5-8-18)9-6-10-20(22)23(24)15-27(25)3;1-15(2)11-18-7-6-8-19-21(18)13-23-22(19)14-26(5)24(25-23)20-12-16(3)9-10-17(20)4;1-14(2)17-7-6-8-18-20(17)12-22-21(18)13-25(5)23(24-22)19-11-15(3)9-10-16(19)4;1-13-6-8-17-16(9-13)11-20-19(17)12-23(4)21(22-20)18-10-14(2)5-7-15(18)3;1-13-5-7-15(3)17(9-13)21-22-20-11-16-8-6-14(2)10-18(16)19(20)12-23(21)4;1-13-8-9-14(2)17(10-13)21-22-19-11-16-7-5-6-15(3)20(16)18(19)12-23(21)4/h6,9-13,15,18H,4-5,7-8,14H2,1-3H3;6-10,12,14-15H,11,13H2,1-5H3;6-11,13-14H,12H2,1-5H3;3*5-10,12H,11H2,1-4H3/q6*+1. The molecule has 0 radical (unpaired) electrons. The van der Waals surface area contributed by atoms with Crippen LogP contribution in [-0.4, -0.2) is 29.9 Å². The summed E-state index contributed by atoms with van der Waals surface area (Å²) in [6, 6.07) is 79.8. The van der Waals surface area contributed by atoms with Gasteiger partial charge < -0.3 is 0 Å². The summed E-state index contributed by atoms with van der Waals surface area (Å²) in [6.45, 7) is 41.4. The lowest BCUT2D eigenvalue weighted by Gasteiger charge is -2.14. The summed E-state index contributed by atoms with van der Waals surface area (Å²) >= 11 is 0. The maximum atomic E-state index is 5.17. The van der Waals surface area contributed by atoms with Crippen molar-refractivity contribution in [2.75, 3.05) is 0 Å². The van der Waals surface area contributed by atoms with E-state index in [2.05, 4.69) is 457 Å². The van der Waals surface area contributed by atoms with Crippen LogP contribution >= 0.6 is 0 Å². The number of hydrogen-bond acceptors (Lipinski definition) is 6. The van der Waals surface area contributed by atoms with E-state index in [9.17, 15) is 0 Å². The third-order valence-electron chi connectivity index (χ3n) is 31.5. The zero-order valence-electron chi connectivity index (χ0n) is 91.1. The Hall–Kier alpha value is -14.9. The molecule has 12 heteroatoms. The fourth-order valence-corrected chi connectivity index (χ4v) is 23.6. The minimum atomic E-state index is 0.538. The van der Waals surface area contributed by atoms with Crippen molar-refractivity contribution in [1.29, 1.82) is 0 Å². The monoisotopic (exact) mass is 1930 g/mol. The van der Waals surface area contributed by atoms with Crippen molar-refractivity contribution in [2.24, 2.45) is 48.2 Å². The van der Waals surface area contributed by atoms with E-state index in [1.807, 2.05) is 0 Å². The predicted octanol–water partition coefficient (Wildman–Crippen LogP) is 27.5. The first-order valence-electron chi connectivity index (χ1n) is 53.1. The summed E-state index contributed by atoms with van der Waals surface area (Å²) < 4.78 is 13.1. The number of nitrogens with zero attached hydrogens (tertiary/aromatic N) is 12. The van der Waals surface area contributed by atoms with Crippen molar-refractivity contribution < 1.29 is 27.4 Å². The molecule has 18 aromatic rings. The first kappa shape index (κ1) is 99.5. The van der Waals surface area contributed by atoms with Crippen LogP contribution in [-0.2, 0) is 87.2 Å². The van der Waals surface area contributed by atoms with Crippen molar-refractivity contribution in [3.63, 3.8) is 0 Å². The molecule has 1 fully saturated rings. The molecule has 0 bridgehead atoms. The molecule has 12 nitrogen and oxygen atoms in total. The lowest BCUT2D eigenvalue weighted by atomic mass is 9.90. The zero-order chi connectivity index (χ0) is 103. The molecule has 7 aliphatic carbocycles. The van der Waals surface area contributed by atoms with Gasteiger partial charge >= 0.3 is 34.9 Å². The van der Waals surface area contributed by atoms with Gasteiger partial charge in [0.2, 0.25) is 0 Å². The molecule has 0 atom stereocenters. The van der Waals surface area contributed by atoms with Gasteiger partial charge in [-0.3, -0.25) is 0 Å². The first-order chi connectivity index (χ1) is 70.6. The molecule has 1 saturated carbocycles. The van der Waals surface area contributed by atoms with Gasteiger partial charge in [-0.05, 0) is 330 Å². The molecule has 7 aliphatic rings. The van der Waals surface area contributed by atoms with Crippen molar-refractivity contribution in [1.82, 2.24) is 29.9 Å². The predicted molar refractivity (Wildman–Crippen MR) is 599 cm³/mol. The van der Waals surface area contributed by atoms with E-state index >= 15 is 0 Å². The molecule has 6 aromatic heterocycles. The second kappa shape index (κ2) is 40.9. The van der Waals surface area contributed by atoms with Gasteiger partial charge in [0.05, 0.1) is 109 Å². The molecule has 0 unspecified atom stereocenters. The van der Waals surface area contributed by atoms with Crippen LogP contribution in [0.1, 0.15) is 233 Å². The fourth-order valence-electron chi connectivity index (χ4n) is 23.6. The van der Waals surface area contributed by atoms with Gasteiger partial charge in [-0.2, -0.15) is 0 Å². The average molecular weight is 1930 g/mol. The number of aryl methyl sites for hydroxylation is 21. The highest BCUT2D eigenvalue weighted by Gasteiger charge is 2.39. The van der Waals surface area contributed by atoms with E-state index in [1.165, 1.54) is 288 Å². The first-order valence-corrected chi connectivity index (χ1v) is 53.1. The number of benzene rings is 12. The van der Waals surface area contributed by atoms with E-state index < -0.39 is 0 Å². The second-order valence-electron chi connectivity index (χ2n) is 44.0. The molecule has 0 saturated heterocycles. The quantitative estimate of drug-likeness (QED) is 0.126. The van der Waals surface area contributed by atoms with E-state index in [1.54, 1.807) is 5.56 Å². The largest absolute Gasteiger partial charge is 0.330 e. The van der Waals surface area contributed by atoms with Crippen LogP contribution in [0.25, 0.3) is 135 Å². The van der Waals surface area contributed by atoms with E-state index in [4.69, 9.17) is 29.9 Å². The number of rotatable bonds is 10. The number of aromatic nitrogens is 12. The Morgan fingerprint density at radius 2 is 0.551 bits per heavy atom. The van der Waals surface area contributed by atoms with Crippen molar-refractivity contribution >= 4 is 0 Å². The Labute approximate surface area is 872 Å². The molecule has 736 valence electrons. The lowest BCUT2D eigenvalue weighted by molar-refractivity contribution is -0.662. The summed E-state index contributed by atoms with van der Waals surface area (Å²) in [5.74, 6) is 8.30. The van der Waals surface area contributed by atoms with E-state index in [-0.39, 0.29) is 0 Å². The molecule has 0 spiro atoms. The summed E-state index contributed by atoms with van der Waals surface area (Å²) in [7, 11) is 12.6. The summed E-state index contributed by atoms with van der Waals surface area (Å²) in [5, 5.41) is 0. The summed E-state index contributed by atoms with van der Waals surface area (Å²) in [5.41, 5.74) is 62.9. The Morgan fingerprint density at radius 3 is 0.966 bits per heavy atom. The summed E-state index contributed by atoms with van der Waals surface area (Å²) in [6.07, 6.45) is 25.8. The molecule has 147 heavy (non-hydrogen) atoms. The van der Waals surface area contributed by atoms with Crippen LogP contribution in [0.15, 0.2) is 256 Å². The molecule has 25 rings (SSSR count). The number of fused-ring (bicyclic) bond motifs is 18. The van der Waals surface area contributed by atoms with Crippen molar-refractivity contribution in [2.45, 2.75) is 214 Å². The van der Waals surface area contributed by atoms with E-state index in [0.717, 1.165) is 85.8 Å². The molecule has 6 heterocycles. The van der Waals surface area contributed by atoms with Gasteiger partial charge in [0.15, 0.2) is 34.2 Å². The maximum absolute atomic E-state index is 5.17. The van der Waals surface area contributed by atoms with Crippen LogP contribution in [0.4, 0.5) is 0 Å². The molecular weight excluding hydrogens is 1790 g/mol. The van der Waals surface area contributed by atoms with Gasteiger partial charge in [-0.25, -0.2) is 27.4 Å². The second-order valence-corrected chi connectivity index (χ2v) is 44.0. The SMILES string of the molecule is Cc1ccc(C)c(-c2nc3c(c[n+]2C)-c2c(C)cccc2C3)c1.Cc1ccc(C)c(-c2nc3c(c[n+]2C)-c2cc(C)ccc2C3)c1.Cc1ccc(C)c(-c2nc3c(c[n+]2C)-c2cccc(C(C)C)c2C3)c1.Cc1ccc(C)c(-c2nc3c(c[n+]2C)-c2cccc(C4CCCC4)c2C3)c1.Cc1ccc(C)c(-c2nc3c(c[n+]2C)-c2cccc(CC(C)C)c2C3)c1.Cc1ccc2c(c1)Cc1nc(-c3cc(C)ccc3C)[n+](C)cc1-2. The highest BCUT2D eigenvalue weighted by molar-refractivity contribution is 5.83. The summed E-state index contributed by atoms with van der Waals surface area (Å²) in [4.78, 5) is 30.5. The topological polar surface area (TPSA) is 101 Å². The van der Waals surface area contributed by atoms with E-state index in [0.29, 0.717) is 11.8 Å². The smallest absolute Gasteiger partial charge is 0.232 e. The Kier molecular flexibility index (Phi) is 27.6.